The van der Waals surface area contributed by atoms with Crippen molar-refractivity contribution in [2.24, 2.45) is 5.92 Å². The number of thiazole rings is 1. The van der Waals surface area contributed by atoms with E-state index in [9.17, 15) is 0 Å². The number of aromatic nitrogens is 1. The Bertz CT molecular complexity index is 300. The molecule has 2 rings (SSSR count). The Morgan fingerprint density at radius 2 is 2.57 bits per heavy atom. The van der Waals surface area contributed by atoms with E-state index in [1.807, 2.05) is 6.92 Å². The average Bonchev–Trinajstić information content (AvgIpc) is 2.74. The van der Waals surface area contributed by atoms with E-state index in [0.717, 1.165) is 30.3 Å². The van der Waals surface area contributed by atoms with Gasteiger partial charge in [0.1, 0.15) is 0 Å². The third-order valence-electron chi connectivity index (χ3n) is 2.70. The summed E-state index contributed by atoms with van der Waals surface area (Å²) in [5, 5.41) is 12.1. The van der Waals surface area contributed by atoms with Gasteiger partial charge in [-0.1, -0.05) is 0 Å². The molecule has 0 spiro atoms. The summed E-state index contributed by atoms with van der Waals surface area (Å²) >= 11 is 1.72. The van der Waals surface area contributed by atoms with Gasteiger partial charge in [-0.2, -0.15) is 0 Å². The number of nitrogens with zero attached hydrogens (tertiary/aromatic N) is 2. The fraction of sp³-hybridized carbons (Fsp3) is 0.700. The zero-order chi connectivity index (χ0) is 9.97. The van der Waals surface area contributed by atoms with Crippen molar-refractivity contribution in [2.75, 3.05) is 24.6 Å². The molecule has 1 fully saturated rings. The van der Waals surface area contributed by atoms with Crippen LogP contribution in [0.5, 0.6) is 0 Å². The highest BCUT2D eigenvalue weighted by molar-refractivity contribution is 7.13. The first kappa shape index (κ1) is 9.93. The van der Waals surface area contributed by atoms with Crippen LogP contribution in [0.25, 0.3) is 0 Å². The molecule has 0 bridgehead atoms. The van der Waals surface area contributed by atoms with Gasteiger partial charge in [0.25, 0.3) is 0 Å². The molecule has 0 aliphatic carbocycles. The lowest BCUT2D eigenvalue weighted by molar-refractivity contribution is 0.263. The van der Waals surface area contributed by atoms with E-state index in [2.05, 4.69) is 15.3 Å². The van der Waals surface area contributed by atoms with E-state index in [1.165, 1.54) is 6.42 Å². The highest BCUT2D eigenvalue weighted by Gasteiger charge is 2.23. The van der Waals surface area contributed by atoms with E-state index in [1.54, 1.807) is 11.3 Å². The van der Waals surface area contributed by atoms with Crippen LogP contribution >= 0.6 is 11.3 Å². The van der Waals surface area contributed by atoms with Gasteiger partial charge in [-0.05, 0) is 25.7 Å². The molecule has 1 N–H and O–H groups in total. The minimum atomic E-state index is 0.315. The molecular weight excluding hydrogens is 196 g/mol. The molecule has 1 aromatic heterocycles. The molecular formula is C10H16N2OS. The average molecular weight is 212 g/mol. The van der Waals surface area contributed by atoms with Gasteiger partial charge in [-0.25, -0.2) is 4.98 Å². The third-order valence-corrected chi connectivity index (χ3v) is 3.72. The highest BCUT2D eigenvalue weighted by Crippen LogP contribution is 2.27. The Morgan fingerprint density at radius 3 is 3.21 bits per heavy atom. The number of anilines is 1. The van der Waals surface area contributed by atoms with E-state index < -0.39 is 0 Å². The quantitative estimate of drug-likeness (QED) is 0.828. The minimum absolute atomic E-state index is 0.315. The van der Waals surface area contributed by atoms with Crippen LogP contribution in [0.2, 0.25) is 0 Å². The smallest absolute Gasteiger partial charge is 0.185 e. The van der Waals surface area contributed by atoms with Gasteiger partial charge < -0.3 is 10.0 Å². The zero-order valence-corrected chi connectivity index (χ0v) is 9.26. The van der Waals surface area contributed by atoms with Gasteiger partial charge in [0.05, 0.1) is 5.69 Å². The largest absolute Gasteiger partial charge is 0.396 e. The molecule has 1 atom stereocenters. The first-order chi connectivity index (χ1) is 6.79. The Hall–Kier alpha value is -0.610. The molecule has 14 heavy (non-hydrogen) atoms. The normalized spacial score (nSPS) is 21.9. The Balaban J connectivity index is 1.95. The van der Waals surface area contributed by atoms with Crippen molar-refractivity contribution in [2.45, 2.75) is 19.8 Å². The molecule has 3 nitrogen and oxygen atoms in total. The van der Waals surface area contributed by atoms with Gasteiger partial charge in [-0.3, -0.25) is 0 Å². The molecule has 0 radical (unpaired) electrons. The predicted molar refractivity (Wildman–Crippen MR) is 58.9 cm³/mol. The summed E-state index contributed by atoms with van der Waals surface area (Å²) in [7, 11) is 0. The second kappa shape index (κ2) is 4.28. The highest BCUT2D eigenvalue weighted by atomic mass is 32.1. The molecule has 1 aromatic rings. The third kappa shape index (κ3) is 2.07. The molecule has 0 saturated carbocycles. The zero-order valence-electron chi connectivity index (χ0n) is 8.44. The molecule has 1 unspecified atom stereocenters. The van der Waals surface area contributed by atoms with E-state index >= 15 is 0 Å². The molecule has 1 aliphatic heterocycles. The molecule has 0 aromatic carbocycles. The SMILES string of the molecule is Cc1csc(N2CCC(CCO)C2)n1. The van der Waals surface area contributed by atoms with E-state index in [0.29, 0.717) is 12.5 Å². The second-order valence-electron chi connectivity index (χ2n) is 3.88. The van der Waals surface area contributed by atoms with Gasteiger partial charge in [-0.15, -0.1) is 11.3 Å². The summed E-state index contributed by atoms with van der Waals surface area (Å²) in [5.41, 5.74) is 1.11. The van der Waals surface area contributed by atoms with Gasteiger partial charge >= 0.3 is 0 Å². The number of hydrogen-bond acceptors (Lipinski definition) is 4. The van der Waals surface area contributed by atoms with E-state index in [4.69, 9.17) is 5.11 Å². The number of aryl methyl sites for hydroxylation is 1. The topological polar surface area (TPSA) is 36.4 Å². The van der Waals surface area contributed by atoms with Crippen LogP contribution < -0.4 is 4.90 Å². The van der Waals surface area contributed by atoms with Crippen molar-refractivity contribution in [1.29, 1.82) is 0 Å². The van der Waals surface area contributed by atoms with E-state index in [-0.39, 0.29) is 0 Å². The van der Waals surface area contributed by atoms with Gasteiger partial charge in [0, 0.05) is 25.1 Å². The van der Waals surface area contributed by atoms with Crippen molar-refractivity contribution >= 4 is 16.5 Å². The van der Waals surface area contributed by atoms with Crippen LogP contribution in [0, 0.1) is 12.8 Å². The predicted octanol–water partition coefficient (Wildman–Crippen LogP) is 1.66. The van der Waals surface area contributed by atoms with Crippen LogP contribution in [0.1, 0.15) is 18.5 Å². The lowest BCUT2D eigenvalue weighted by Gasteiger charge is -2.14. The molecule has 2 heterocycles. The van der Waals surface area contributed by atoms with Gasteiger partial charge in [0.2, 0.25) is 0 Å². The molecule has 0 amide bonds. The number of hydrogen-bond donors (Lipinski definition) is 1. The first-order valence-corrected chi connectivity index (χ1v) is 5.95. The summed E-state index contributed by atoms with van der Waals surface area (Å²) in [6.45, 7) is 4.50. The summed E-state index contributed by atoms with van der Waals surface area (Å²) in [6, 6.07) is 0. The summed E-state index contributed by atoms with van der Waals surface area (Å²) in [5.74, 6) is 0.657. The Kier molecular flexibility index (Phi) is 3.03. The summed E-state index contributed by atoms with van der Waals surface area (Å²) in [6.07, 6.45) is 2.13. The fourth-order valence-corrected chi connectivity index (χ4v) is 2.75. The molecule has 1 saturated heterocycles. The summed E-state index contributed by atoms with van der Waals surface area (Å²) in [4.78, 5) is 6.80. The standard InChI is InChI=1S/C10H16N2OS/c1-8-7-14-10(11-8)12-4-2-9(6-12)3-5-13/h7,9,13H,2-6H2,1H3. The lowest BCUT2D eigenvalue weighted by atomic mass is 10.1. The van der Waals surface area contributed by atoms with Gasteiger partial charge in [0.15, 0.2) is 5.13 Å². The number of aliphatic hydroxyl groups excluding tert-OH is 1. The van der Waals surface area contributed by atoms with Crippen LogP contribution in [0.3, 0.4) is 0 Å². The maximum absolute atomic E-state index is 8.86. The Morgan fingerprint density at radius 1 is 1.71 bits per heavy atom. The van der Waals surface area contributed by atoms with Crippen molar-refractivity contribution < 1.29 is 5.11 Å². The number of aliphatic hydroxyl groups is 1. The second-order valence-corrected chi connectivity index (χ2v) is 4.72. The van der Waals surface area contributed by atoms with Crippen LogP contribution in [-0.4, -0.2) is 29.8 Å². The van der Waals surface area contributed by atoms with Crippen molar-refractivity contribution in [3.05, 3.63) is 11.1 Å². The first-order valence-electron chi connectivity index (χ1n) is 5.07. The van der Waals surface area contributed by atoms with Crippen molar-refractivity contribution in [3.8, 4) is 0 Å². The van der Waals surface area contributed by atoms with Crippen LogP contribution in [-0.2, 0) is 0 Å². The monoisotopic (exact) mass is 212 g/mol. The molecule has 4 heteroatoms. The summed E-state index contributed by atoms with van der Waals surface area (Å²) < 4.78 is 0. The minimum Gasteiger partial charge on any atom is -0.396 e. The lowest BCUT2D eigenvalue weighted by Crippen LogP contribution is -2.19. The molecule has 78 valence electrons. The maximum Gasteiger partial charge on any atom is 0.185 e. The molecule has 1 aliphatic rings. The van der Waals surface area contributed by atoms with Crippen molar-refractivity contribution in [1.82, 2.24) is 4.98 Å². The van der Waals surface area contributed by atoms with Crippen LogP contribution in [0.15, 0.2) is 5.38 Å². The van der Waals surface area contributed by atoms with Crippen molar-refractivity contribution in [3.63, 3.8) is 0 Å². The van der Waals surface area contributed by atoms with Crippen LogP contribution in [0.4, 0.5) is 5.13 Å². The fourth-order valence-electron chi connectivity index (χ4n) is 1.91. The Labute approximate surface area is 88.4 Å². The number of rotatable bonds is 3. The maximum atomic E-state index is 8.86.